The number of amidine groups is 1. The normalized spacial score (nSPS) is 20.3. The van der Waals surface area contributed by atoms with Crippen LogP contribution in [-0.2, 0) is 0 Å². The summed E-state index contributed by atoms with van der Waals surface area (Å²) >= 11 is 0. The lowest BCUT2D eigenvalue weighted by Crippen LogP contribution is -2.38. The molecule has 3 aliphatic heterocycles. The third-order valence-corrected chi connectivity index (χ3v) is 4.91. The SMILES string of the molecule is N=C1C=C(N2CCOc3cc(C(=O)N4CCCCC4)cnc32)CCN1. The lowest BCUT2D eigenvalue weighted by Gasteiger charge is -2.34. The smallest absolute Gasteiger partial charge is 0.255 e. The number of pyridine rings is 1. The Hall–Kier alpha value is -2.57. The number of ether oxygens (including phenoxy) is 1. The summed E-state index contributed by atoms with van der Waals surface area (Å²) in [4.78, 5) is 21.2. The Morgan fingerprint density at radius 3 is 2.88 bits per heavy atom. The minimum Gasteiger partial charge on any atom is -0.488 e. The van der Waals surface area contributed by atoms with Crippen molar-refractivity contribution in [2.24, 2.45) is 0 Å². The summed E-state index contributed by atoms with van der Waals surface area (Å²) < 4.78 is 5.78. The van der Waals surface area contributed by atoms with Crippen LogP contribution in [0.3, 0.4) is 0 Å². The summed E-state index contributed by atoms with van der Waals surface area (Å²) in [6.07, 6.45) is 7.68. The minimum absolute atomic E-state index is 0.0404. The van der Waals surface area contributed by atoms with Crippen LogP contribution in [0.25, 0.3) is 0 Å². The number of fused-ring (bicyclic) bond motifs is 1. The average molecular weight is 341 g/mol. The van der Waals surface area contributed by atoms with E-state index >= 15 is 0 Å². The van der Waals surface area contributed by atoms with E-state index in [1.165, 1.54) is 6.42 Å². The molecule has 4 heterocycles. The van der Waals surface area contributed by atoms with Gasteiger partial charge in [0.25, 0.3) is 5.91 Å². The number of hydrogen-bond donors (Lipinski definition) is 2. The van der Waals surface area contributed by atoms with Crippen molar-refractivity contribution >= 4 is 17.6 Å². The van der Waals surface area contributed by atoms with Crippen molar-refractivity contribution in [1.82, 2.24) is 15.2 Å². The van der Waals surface area contributed by atoms with Crippen LogP contribution in [0.1, 0.15) is 36.0 Å². The molecule has 132 valence electrons. The first-order valence-electron chi connectivity index (χ1n) is 8.95. The van der Waals surface area contributed by atoms with Gasteiger partial charge in [0.2, 0.25) is 0 Å². The highest BCUT2D eigenvalue weighted by Gasteiger charge is 2.26. The fourth-order valence-corrected chi connectivity index (χ4v) is 3.60. The molecule has 1 aromatic heterocycles. The monoisotopic (exact) mass is 341 g/mol. The molecular weight excluding hydrogens is 318 g/mol. The number of anilines is 1. The maximum atomic E-state index is 12.7. The van der Waals surface area contributed by atoms with Crippen molar-refractivity contribution in [1.29, 1.82) is 5.41 Å². The molecule has 0 aliphatic carbocycles. The van der Waals surface area contributed by atoms with Crippen molar-refractivity contribution < 1.29 is 9.53 Å². The van der Waals surface area contributed by atoms with E-state index in [4.69, 9.17) is 10.1 Å². The Morgan fingerprint density at radius 1 is 1.24 bits per heavy atom. The number of nitrogens with zero attached hydrogens (tertiary/aromatic N) is 3. The standard InChI is InChI=1S/C18H23N5O2/c19-16-11-14(4-5-20-16)23-8-9-25-15-10-13(12-21-17(15)23)18(24)22-6-2-1-3-7-22/h10-12H,1-9H2,(H2,19,20). The third-order valence-electron chi connectivity index (χ3n) is 4.91. The van der Waals surface area contributed by atoms with Crippen LogP contribution in [0.5, 0.6) is 5.75 Å². The second-order valence-electron chi connectivity index (χ2n) is 6.62. The third kappa shape index (κ3) is 3.18. The maximum absolute atomic E-state index is 12.7. The predicted octanol–water partition coefficient (Wildman–Crippen LogP) is 1.76. The summed E-state index contributed by atoms with van der Waals surface area (Å²) in [6, 6.07) is 1.82. The van der Waals surface area contributed by atoms with Gasteiger partial charge in [-0.1, -0.05) is 0 Å². The zero-order valence-electron chi connectivity index (χ0n) is 14.3. The molecule has 1 fully saturated rings. The van der Waals surface area contributed by atoms with Crippen LogP contribution in [-0.4, -0.2) is 54.4 Å². The van der Waals surface area contributed by atoms with Crippen molar-refractivity contribution in [3.8, 4) is 5.75 Å². The van der Waals surface area contributed by atoms with Crippen molar-refractivity contribution in [2.45, 2.75) is 25.7 Å². The van der Waals surface area contributed by atoms with E-state index in [9.17, 15) is 4.79 Å². The number of nitrogens with one attached hydrogen (secondary N) is 2. The molecule has 0 aromatic carbocycles. The van der Waals surface area contributed by atoms with E-state index in [0.717, 1.165) is 50.4 Å². The summed E-state index contributed by atoms with van der Waals surface area (Å²) in [5, 5.41) is 10.8. The minimum atomic E-state index is 0.0404. The lowest BCUT2D eigenvalue weighted by atomic mass is 10.1. The number of amides is 1. The molecule has 0 bridgehead atoms. The summed E-state index contributed by atoms with van der Waals surface area (Å²) in [7, 11) is 0. The van der Waals surface area contributed by atoms with E-state index in [0.29, 0.717) is 30.3 Å². The molecule has 2 N–H and O–H groups in total. The highest BCUT2D eigenvalue weighted by molar-refractivity contribution is 5.95. The largest absolute Gasteiger partial charge is 0.488 e. The van der Waals surface area contributed by atoms with Crippen molar-refractivity contribution in [3.63, 3.8) is 0 Å². The number of likely N-dealkylation sites (tertiary alicyclic amines) is 1. The maximum Gasteiger partial charge on any atom is 0.255 e. The van der Waals surface area contributed by atoms with Crippen molar-refractivity contribution in [2.75, 3.05) is 37.7 Å². The van der Waals surface area contributed by atoms with Gasteiger partial charge in [-0.05, 0) is 31.4 Å². The second kappa shape index (κ2) is 6.74. The van der Waals surface area contributed by atoms with Gasteiger partial charge in [-0.3, -0.25) is 10.2 Å². The van der Waals surface area contributed by atoms with E-state index in [-0.39, 0.29) is 5.91 Å². The number of rotatable bonds is 2. The molecule has 1 aromatic rings. The van der Waals surface area contributed by atoms with E-state index in [2.05, 4.69) is 15.2 Å². The summed E-state index contributed by atoms with van der Waals surface area (Å²) in [6.45, 7) is 3.66. The Kier molecular flexibility index (Phi) is 4.29. The highest BCUT2D eigenvalue weighted by atomic mass is 16.5. The first-order chi connectivity index (χ1) is 12.2. The van der Waals surface area contributed by atoms with Gasteiger partial charge in [0.05, 0.1) is 12.1 Å². The van der Waals surface area contributed by atoms with Gasteiger partial charge in [0.15, 0.2) is 11.6 Å². The quantitative estimate of drug-likeness (QED) is 0.857. The number of carbonyl (C=O) groups excluding carboxylic acids is 1. The summed E-state index contributed by atoms with van der Waals surface area (Å²) in [5.41, 5.74) is 1.66. The number of piperidine rings is 1. The molecule has 4 rings (SSSR count). The van der Waals surface area contributed by atoms with Crippen LogP contribution in [0.4, 0.5) is 5.82 Å². The van der Waals surface area contributed by atoms with Crippen LogP contribution in [0.15, 0.2) is 24.0 Å². The molecule has 3 aliphatic rings. The van der Waals surface area contributed by atoms with Crippen LogP contribution in [0, 0.1) is 5.41 Å². The average Bonchev–Trinajstić information content (AvgIpc) is 2.67. The molecule has 1 amide bonds. The zero-order chi connectivity index (χ0) is 17.2. The number of carbonyl (C=O) groups is 1. The second-order valence-corrected chi connectivity index (χ2v) is 6.62. The molecule has 25 heavy (non-hydrogen) atoms. The lowest BCUT2D eigenvalue weighted by molar-refractivity contribution is 0.0723. The van der Waals surface area contributed by atoms with Gasteiger partial charge in [0.1, 0.15) is 12.4 Å². The molecule has 7 nitrogen and oxygen atoms in total. The highest BCUT2D eigenvalue weighted by Crippen LogP contribution is 2.34. The zero-order valence-corrected chi connectivity index (χ0v) is 14.3. The van der Waals surface area contributed by atoms with Gasteiger partial charge < -0.3 is 19.9 Å². The molecule has 0 spiro atoms. The number of aromatic nitrogens is 1. The molecular formula is C18H23N5O2. The Balaban J connectivity index is 1.59. The fraction of sp³-hybridized carbons (Fsp3) is 0.500. The van der Waals surface area contributed by atoms with Crippen LogP contribution >= 0.6 is 0 Å². The predicted molar refractivity (Wildman–Crippen MR) is 95.3 cm³/mol. The van der Waals surface area contributed by atoms with E-state index < -0.39 is 0 Å². The molecule has 0 saturated carbocycles. The summed E-state index contributed by atoms with van der Waals surface area (Å²) in [5.74, 6) is 1.85. The van der Waals surface area contributed by atoms with Gasteiger partial charge in [-0.15, -0.1) is 0 Å². The van der Waals surface area contributed by atoms with Gasteiger partial charge in [-0.2, -0.15) is 0 Å². The Bertz CT molecular complexity index is 724. The van der Waals surface area contributed by atoms with Gasteiger partial charge in [-0.25, -0.2) is 4.98 Å². The Morgan fingerprint density at radius 2 is 2.08 bits per heavy atom. The molecule has 0 atom stereocenters. The van der Waals surface area contributed by atoms with Crippen molar-refractivity contribution in [3.05, 3.63) is 29.6 Å². The van der Waals surface area contributed by atoms with Gasteiger partial charge in [0, 0.05) is 37.9 Å². The van der Waals surface area contributed by atoms with E-state index in [1.54, 1.807) is 6.20 Å². The van der Waals surface area contributed by atoms with Crippen LogP contribution < -0.4 is 15.0 Å². The number of hydrogen-bond acceptors (Lipinski definition) is 5. The molecule has 7 heteroatoms. The van der Waals surface area contributed by atoms with E-state index in [1.807, 2.05) is 17.0 Å². The molecule has 1 saturated heterocycles. The Labute approximate surface area is 147 Å². The van der Waals surface area contributed by atoms with Crippen LogP contribution in [0.2, 0.25) is 0 Å². The first kappa shape index (κ1) is 15.9. The van der Waals surface area contributed by atoms with Gasteiger partial charge >= 0.3 is 0 Å². The topological polar surface area (TPSA) is 81.6 Å². The molecule has 0 unspecified atom stereocenters. The first-order valence-corrected chi connectivity index (χ1v) is 8.95. The fourth-order valence-electron chi connectivity index (χ4n) is 3.60. The molecule has 0 radical (unpaired) electrons.